The van der Waals surface area contributed by atoms with E-state index in [1.807, 2.05) is 6.92 Å². The first-order valence-electron chi connectivity index (χ1n) is 8.85. The molecular formula is C18H23FN4O3S. The smallest absolute Gasteiger partial charge is 0.256 e. The second kappa shape index (κ2) is 7.40. The van der Waals surface area contributed by atoms with Gasteiger partial charge in [0.15, 0.2) is 0 Å². The fourth-order valence-corrected chi connectivity index (χ4v) is 5.22. The number of halogens is 1. The van der Waals surface area contributed by atoms with E-state index >= 15 is 0 Å². The van der Waals surface area contributed by atoms with Crippen molar-refractivity contribution >= 4 is 15.9 Å². The first kappa shape index (κ1) is 19.5. The molecular weight excluding hydrogens is 371 g/mol. The maximum Gasteiger partial charge on any atom is 0.256 e. The van der Waals surface area contributed by atoms with Crippen LogP contribution in [0.1, 0.15) is 28.7 Å². The van der Waals surface area contributed by atoms with Crippen molar-refractivity contribution in [2.24, 2.45) is 0 Å². The van der Waals surface area contributed by atoms with Crippen LogP contribution in [-0.2, 0) is 16.6 Å². The van der Waals surface area contributed by atoms with Crippen LogP contribution in [0.15, 0.2) is 29.2 Å². The molecule has 1 aliphatic rings. The molecule has 2 aromatic rings. The first-order chi connectivity index (χ1) is 12.8. The van der Waals surface area contributed by atoms with Crippen molar-refractivity contribution in [3.05, 3.63) is 47.0 Å². The third-order valence-corrected chi connectivity index (χ3v) is 6.99. The van der Waals surface area contributed by atoms with Crippen LogP contribution in [-0.4, -0.2) is 59.5 Å². The van der Waals surface area contributed by atoms with Gasteiger partial charge in [-0.25, -0.2) is 12.8 Å². The lowest BCUT2D eigenvalue weighted by Gasteiger charge is -2.34. The first-order valence-corrected chi connectivity index (χ1v) is 10.3. The predicted octanol–water partition coefficient (Wildman–Crippen LogP) is 1.81. The van der Waals surface area contributed by atoms with Gasteiger partial charge in [-0.3, -0.25) is 9.48 Å². The van der Waals surface area contributed by atoms with Gasteiger partial charge in [0.1, 0.15) is 10.7 Å². The number of carbonyl (C=O) groups is 1. The van der Waals surface area contributed by atoms with Gasteiger partial charge >= 0.3 is 0 Å². The van der Waals surface area contributed by atoms with Crippen molar-refractivity contribution in [1.29, 1.82) is 0 Å². The number of sulfonamides is 1. The number of benzene rings is 1. The Morgan fingerprint density at radius 1 is 1.15 bits per heavy atom. The number of rotatable bonds is 4. The van der Waals surface area contributed by atoms with Crippen LogP contribution in [0.5, 0.6) is 0 Å². The van der Waals surface area contributed by atoms with E-state index in [2.05, 4.69) is 5.10 Å². The summed E-state index contributed by atoms with van der Waals surface area (Å²) in [5.74, 6) is -0.993. The number of aryl methyl sites for hydroxylation is 2. The zero-order chi connectivity index (χ0) is 19.8. The summed E-state index contributed by atoms with van der Waals surface area (Å²) in [5, 5.41) is 4.29. The summed E-state index contributed by atoms with van der Waals surface area (Å²) < 4.78 is 43.0. The van der Waals surface area contributed by atoms with Gasteiger partial charge in [0, 0.05) is 32.7 Å². The largest absolute Gasteiger partial charge is 0.336 e. The van der Waals surface area contributed by atoms with Gasteiger partial charge in [-0.05, 0) is 32.9 Å². The van der Waals surface area contributed by atoms with Crippen LogP contribution >= 0.6 is 0 Å². The number of carbonyl (C=O) groups excluding carboxylic acids is 1. The number of aromatic nitrogens is 2. The van der Waals surface area contributed by atoms with E-state index in [0.29, 0.717) is 17.9 Å². The number of hydrogen-bond acceptors (Lipinski definition) is 4. The molecule has 2 heterocycles. The standard InChI is InChI=1S/C18H23FN4O3S/c1-4-23-14(3)17(13(2)20-23)27(25,26)22-11-9-21(10-12-22)18(24)15-7-5-6-8-16(15)19/h5-8H,4,9-12H2,1-3H3. The molecule has 27 heavy (non-hydrogen) atoms. The lowest BCUT2D eigenvalue weighted by Crippen LogP contribution is -2.50. The molecule has 0 bridgehead atoms. The second-order valence-electron chi connectivity index (χ2n) is 6.49. The van der Waals surface area contributed by atoms with Gasteiger partial charge in [-0.1, -0.05) is 12.1 Å². The van der Waals surface area contributed by atoms with E-state index < -0.39 is 21.7 Å². The highest BCUT2D eigenvalue weighted by Crippen LogP contribution is 2.25. The van der Waals surface area contributed by atoms with Crippen molar-refractivity contribution < 1.29 is 17.6 Å². The molecule has 146 valence electrons. The van der Waals surface area contributed by atoms with Gasteiger partial charge in [0.2, 0.25) is 10.0 Å². The summed E-state index contributed by atoms with van der Waals surface area (Å²) in [6.07, 6.45) is 0. The molecule has 1 aromatic carbocycles. The van der Waals surface area contributed by atoms with Crippen molar-refractivity contribution in [1.82, 2.24) is 19.0 Å². The second-order valence-corrected chi connectivity index (χ2v) is 8.37. The SMILES string of the molecule is CCn1nc(C)c(S(=O)(=O)N2CCN(C(=O)c3ccccc3F)CC2)c1C. The molecule has 1 fully saturated rings. The zero-order valence-corrected chi connectivity index (χ0v) is 16.5. The molecule has 0 unspecified atom stereocenters. The van der Waals surface area contributed by atoms with Crippen molar-refractivity contribution in [3.63, 3.8) is 0 Å². The predicted molar refractivity (Wildman–Crippen MR) is 98.4 cm³/mol. The average Bonchev–Trinajstić information content (AvgIpc) is 2.95. The molecule has 0 aliphatic carbocycles. The maximum atomic E-state index is 13.8. The van der Waals surface area contributed by atoms with Gasteiger partial charge < -0.3 is 4.90 Å². The minimum absolute atomic E-state index is 0.00437. The fraction of sp³-hybridized carbons (Fsp3) is 0.444. The van der Waals surface area contributed by atoms with Gasteiger partial charge in [0.05, 0.1) is 17.0 Å². The number of hydrogen-bond donors (Lipinski definition) is 0. The third kappa shape index (κ3) is 3.49. The molecule has 0 N–H and O–H groups in total. The Bertz CT molecular complexity index is 963. The van der Waals surface area contributed by atoms with E-state index in [1.165, 1.54) is 27.4 Å². The Balaban J connectivity index is 1.77. The Labute approximate surface area is 158 Å². The Morgan fingerprint density at radius 2 is 1.78 bits per heavy atom. The number of nitrogens with zero attached hydrogens (tertiary/aromatic N) is 4. The van der Waals surface area contributed by atoms with E-state index in [9.17, 15) is 17.6 Å². The molecule has 7 nitrogen and oxygen atoms in total. The minimum atomic E-state index is -3.70. The molecule has 1 saturated heterocycles. The molecule has 1 aliphatic heterocycles. The molecule has 0 spiro atoms. The Morgan fingerprint density at radius 3 is 2.33 bits per heavy atom. The quantitative estimate of drug-likeness (QED) is 0.793. The van der Waals surface area contributed by atoms with Crippen LogP contribution in [0.4, 0.5) is 4.39 Å². The van der Waals surface area contributed by atoms with Gasteiger partial charge in [0.25, 0.3) is 5.91 Å². The Kier molecular flexibility index (Phi) is 5.34. The van der Waals surface area contributed by atoms with Crippen LogP contribution < -0.4 is 0 Å². The molecule has 0 atom stereocenters. The van der Waals surface area contributed by atoms with Crippen molar-refractivity contribution in [3.8, 4) is 0 Å². The molecule has 0 saturated carbocycles. The zero-order valence-electron chi connectivity index (χ0n) is 15.6. The highest BCUT2D eigenvalue weighted by Gasteiger charge is 2.34. The van der Waals surface area contributed by atoms with Crippen molar-refractivity contribution in [2.75, 3.05) is 26.2 Å². The van der Waals surface area contributed by atoms with E-state index in [0.717, 1.165) is 0 Å². The Hall–Kier alpha value is -2.26. The molecule has 1 amide bonds. The molecule has 0 radical (unpaired) electrons. The van der Waals surface area contributed by atoms with Crippen molar-refractivity contribution in [2.45, 2.75) is 32.2 Å². The topological polar surface area (TPSA) is 75.5 Å². The van der Waals surface area contributed by atoms with Gasteiger partial charge in [-0.15, -0.1) is 0 Å². The normalized spacial score (nSPS) is 15.9. The average molecular weight is 394 g/mol. The van der Waals surface area contributed by atoms with E-state index in [-0.39, 0.29) is 36.6 Å². The summed E-state index contributed by atoms with van der Waals surface area (Å²) in [4.78, 5) is 14.2. The van der Waals surface area contributed by atoms with E-state index in [4.69, 9.17) is 0 Å². The van der Waals surface area contributed by atoms with Crippen LogP contribution in [0, 0.1) is 19.7 Å². The summed E-state index contributed by atoms with van der Waals surface area (Å²) in [6.45, 7) is 6.69. The minimum Gasteiger partial charge on any atom is -0.336 e. The number of piperazine rings is 1. The van der Waals surface area contributed by atoms with Crippen LogP contribution in [0.25, 0.3) is 0 Å². The summed E-state index contributed by atoms with van der Waals surface area (Å²) >= 11 is 0. The fourth-order valence-electron chi connectivity index (χ4n) is 3.43. The van der Waals surface area contributed by atoms with Crippen LogP contribution in [0.3, 0.4) is 0 Å². The highest BCUT2D eigenvalue weighted by molar-refractivity contribution is 7.89. The molecule has 1 aromatic heterocycles. The van der Waals surface area contributed by atoms with Crippen LogP contribution in [0.2, 0.25) is 0 Å². The lowest BCUT2D eigenvalue weighted by atomic mass is 10.1. The summed E-state index contributed by atoms with van der Waals surface area (Å²) in [7, 11) is -3.70. The molecule has 3 rings (SSSR count). The summed E-state index contributed by atoms with van der Waals surface area (Å²) in [5.41, 5.74) is 1.09. The monoisotopic (exact) mass is 394 g/mol. The maximum absolute atomic E-state index is 13.8. The van der Waals surface area contributed by atoms with E-state index in [1.54, 1.807) is 24.6 Å². The van der Waals surface area contributed by atoms with Gasteiger partial charge in [-0.2, -0.15) is 9.40 Å². The third-order valence-electron chi connectivity index (χ3n) is 4.84. The number of amides is 1. The molecule has 9 heteroatoms. The highest BCUT2D eigenvalue weighted by atomic mass is 32.2. The lowest BCUT2D eigenvalue weighted by molar-refractivity contribution is 0.0693. The summed E-state index contributed by atoms with van der Waals surface area (Å²) in [6, 6.07) is 5.81.